The largest absolute Gasteiger partial charge is 0.503 e. The van der Waals surface area contributed by atoms with Crippen molar-refractivity contribution in [3.8, 4) is 11.8 Å². The minimum atomic E-state index is -1.23. The van der Waals surface area contributed by atoms with Crippen LogP contribution in [0.1, 0.15) is 16.0 Å². The van der Waals surface area contributed by atoms with Crippen molar-refractivity contribution >= 4 is 58.2 Å². The van der Waals surface area contributed by atoms with Gasteiger partial charge in [0.25, 0.3) is 0 Å². The van der Waals surface area contributed by atoms with Crippen LogP contribution >= 0.6 is 23.1 Å². The monoisotopic (exact) mass is 542 g/mol. The van der Waals surface area contributed by atoms with Gasteiger partial charge in [0.15, 0.2) is 0 Å². The Bertz CT molecular complexity index is 1440. The molecule has 3 rings (SSSR count). The Morgan fingerprint density at radius 3 is 2.53 bits per heavy atom. The third-order valence-electron chi connectivity index (χ3n) is 5.26. The molecule has 0 spiro atoms. The normalized spacial score (nSPS) is 11.3. The molecule has 38 heavy (non-hydrogen) atoms. The van der Waals surface area contributed by atoms with Crippen molar-refractivity contribution in [2.45, 2.75) is 4.21 Å². The molecule has 0 atom stereocenters. The number of hydrogen-bond donors (Lipinski definition) is 1. The summed E-state index contributed by atoms with van der Waals surface area (Å²) in [6.45, 7) is 7.99. The zero-order chi connectivity index (χ0) is 27.5. The zero-order valence-electron chi connectivity index (χ0n) is 21.0. The third-order valence-corrected chi connectivity index (χ3v) is 7.36. The summed E-state index contributed by atoms with van der Waals surface area (Å²) in [6, 6.07) is 19.4. The number of anilines is 2. The van der Waals surface area contributed by atoms with Gasteiger partial charge in [-0.25, -0.2) is 4.79 Å². The molecule has 0 fully saturated rings. The van der Waals surface area contributed by atoms with Gasteiger partial charge in [0, 0.05) is 27.7 Å². The molecule has 0 amide bonds. The number of carboxylic acid groups (broad SMARTS) is 1. The molecule has 0 radical (unpaired) electrons. The first-order valence-corrected chi connectivity index (χ1v) is 13.0. The number of carboxylic acids is 1. The molecule has 1 aromatic heterocycles. The number of thiophene rings is 1. The molecule has 0 aliphatic heterocycles. The molecule has 0 saturated heterocycles. The molecular weight excluding hydrogens is 516 g/mol. The van der Waals surface area contributed by atoms with Crippen molar-refractivity contribution in [1.82, 2.24) is 0 Å². The molecule has 0 bridgehead atoms. The van der Waals surface area contributed by atoms with Crippen LogP contribution in [0.25, 0.3) is 17.7 Å². The Kier molecular flexibility index (Phi) is 10.2. The van der Waals surface area contributed by atoms with Crippen molar-refractivity contribution in [2.75, 3.05) is 19.1 Å². The van der Waals surface area contributed by atoms with Gasteiger partial charge in [-0.2, -0.15) is 5.26 Å². The van der Waals surface area contributed by atoms with Crippen LogP contribution in [0.3, 0.4) is 0 Å². The number of aliphatic carboxylic acids is 1. The summed E-state index contributed by atoms with van der Waals surface area (Å²) >= 11 is 2.73. The molecule has 0 aliphatic rings. The molecule has 8 heteroatoms. The molecule has 3 aromatic rings. The number of nitrogens with zero attached hydrogens (tertiary/aromatic N) is 2. The quantitative estimate of drug-likeness (QED) is 0.0817. The number of nitriles is 1. The predicted octanol–water partition coefficient (Wildman–Crippen LogP) is 7.97. The summed E-state index contributed by atoms with van der Waals surface area (Å²) in [5, 5.41) is 19.2. The van der Waals surface area contributed by atoms with Crippen LogP contribution in [0.5, 0.6) is 5.75 Å². The van der Waals surface area contributed by atoms with Crippen molar-refractivity contribution in [1.29, 1.82) is 5.26 Å². The second-order valence-electron chi connectivity index (χ2n) is 7.65. The zero-order valence-corrected chi connectivity index (χ0v) is 22.6. The minimum absolute atomic E-state index is 0.287. The summed E-state index contributed by atoms with van der Waals surface area (Å²) in [5.74, 6) is -0.508. The predicted molar refractivity (Wildman–Crippen MR) is 157 cm³/mol. The number of thioether (sulfide) groups is 1. The lowest BCUT2D eigenvalue weighted by atomic mass is 10.0. The summed E-state index contributed by atoms with van der Waals surface area (Å²) in [7, 11) is 3.22. The standard InChI is InChI=1S/C30H26N2O4S2/c1-5-21(2)27-18-25(36-4)11-14-28(27)32(16-17-35-3)24-9-6-22(7-10-24)8-12-26-13-15-29(38-26)37-20-23(19-31)30(33)34/h5-18,20H,1-2H2,3-4H3,(H,33,34)/b12-8+,17-16-,23-20+. The molecule has 1 N–H and O–H groups in total. The van der Waals surface area contributed by atoms with Crippen LogP contribution < -0.4 is 9.64 Å². The first kappa shape index (κ1) is 28.1. The Balaban J connectivity index is 1.83. The Morgan fingerprint density at radius 2 is 1.89 bits per heavy atom. The van der Waals surface area contributed by atoms with Crippen molar-refractivity contribution in [3.63, 3.8) is 0 Å². The van der Waals surface area contributed by atoms with E-state index in [-0.39, 0.29) is 5.57 Å². The number of allylic oxidation sites excluding steroid dienone is 2. The summed E-state index contributed by atoms with van der Waals surface area (Å²) in [5.41, 5.74) is 4.20. The molecule has 1 heterocycles. The van der Waals surface area contributed by atoms with E-state index >= 15 is 0 Å². The van der Waals surface area contributed by atoms with Gasteiger partial charge in [-0.05, 0) is 59.7 Å². The number of carbonyl (C=O) groups is 1. The van der Waals surface area contributed by atoms with Crippen LogP contribution in [0.15, 0.2) is 101 Å². The van der Waals surface area contributed by atoms with Crippen molar-refractivity contribution in [2.24, 2.45) is 0 Å². The van der Waals surface area contributed by atoms with Gasteiger partial charge >= 0.3 is 5.97 Å². The fourth-order valence-electron chi connectivity index (χ4n) is 3.30. The van der Waals surface area contributed by atoms with Gasteiger partial charge in [-0.1, -0.05) is 49.2 Å². The fourth-order valence-corrected chi connectivity index (χ4v) is 5.10. The highest BCUT2D eigenvalue weighted by atomic mass is 32.2. The lowest BCUT2D eigenvalue weighted by Crippen LogP contribution is -2.11. The van der Waals surface area contributed by atoms with E-state index in [1.165, 1.54) is 28.5 Å². The second kappa shape index (κ2) is 13.7. The summed E-state index contributed by atoms with van der Waals surface area (Å²) < 4.78 is 11.5. The number of rotatable bonds is 12. The van der Waals surface area contributed by atoms with Crippen LogP contribution in [0.2, 0.25) is 0 Å². The van der Waals surface area contributed by atoms with Crippen LogP contribution in [-0.4, -0.2) is 25.3 Å². The molecule has 0 unspecified atom stereocenters. The number of ether oxygens (including phenoxy) is 2. The molecular formula is C30H26N2O4S2. The maximum atomic E-state index is 11.0. The fraction of sp³-hybridized carbons (Fsp3) is 0.0667. The van der Waals surface area contributed by atoms with E-state index in [4.69, 9.17) is 19.8 Å². The molecule has 0 aliphatic carbocycles. The second-order valence-corrected chi connectivity index (χ2v) is 9.94. The van der Waals surface area contributed by atoms with Gasteiger partial charge in [-0.15, -0.1) is 11.3 Å². The average molecular weight is 543 g/mol. The van der Waals surface area contributed by atoms with E-state index in [0.717, 1.165) is 42.9 Å². The highest BCUT2D eigenvalue weighted by Crippen LogP contribution is 2.36. The maximum Gasteiger partial charge on any atom is 0.346 e. The van der Waals surface area contributed by atoms with E-state index in [0.29, 0.717) is 0 Å². The molecule has 2 aromatic carbocycles. The Morgan fingerprint density at radius 1 is 1.13 bits per heavy atom. The minimum Gasteiger partial charge on any atom is -0.503 e. The Labute approximate surface area is 230 Å². The maximum absolute atomic E-state index is 11.0. The van der Waals surface area contributed by atoms with Crippen molar-refractivity contribution < 1.29 is 19.4 Å². The highest BCUT2D eigenvalue weighted by molar-refractivity contribution is 8.03. The smallest absolute Gasteiger partial charge is 0.346 e. The van der Waals surface area contributed by atoms with Crippen LogP contribution in [0, 0.1) is 11.3 Å². The number of methoxy groups -OCH3 is 2. The summed E-state index contributed by atoms with van der Waals surface area (Å²) in [4.78, 5) is 14.0. The van der Waals surface area contributed by atoms with Gasteiger partial charge in [0.05, 0.1) is 30.4 Å². The number of hydrogen-bond acceptors (Lipinski definition) is 7. The van der Waals surface area contributed by atoms with Gasteiger partial charge in [0.2, 0.25) is 0 Å². The van der Waals surface area contributed by atoms with Gasteiger partial charge in [0.1, 0.15) is 17.4 Å². The molecule has 6 nitrogen and oxygen atoms in total. The van der Waals surface area contributed by atoms with E-state index in [9.17, 15) is 4.79 Å². The lowest BCUT2D eigenvalue weighted by molar-refractivity contribution is -0.132. The summed E-state index contributed by atoms with van der Waals surface area (Å²) in [6.07, 6.45) is 9.16. The van der Waals surface area contributed by atoms with E-state index in [2.05, 4.69) is 13.2 Å². The number of benzene rings is 2. The van der Waals surface area contributed by atoms with Crippen LogP contribution in [-0.2, 0) is 9.53 Å². The van der Waals surface area contributed by atoms with E-state index in [1.54, 1.807) is 32.6 Å². The highest BCUT2D eigenvalue weighted by Gasteiger charge is 2.14. The molecule has 0 saturated carbocycles. The first-order chi connectivity index (χ1) is 18.4. The van der Waals surface area contributed by atoms with Gasteiger partial charge < -0.3 is 19.5 Å². The van der Waals surface area contributed by atoms with Crippen molar-refractivity contribution in [3.05, 3.63) is 113 Å². The van der Waals surface area contributed by atoms with E-state index in [1.807, 2.05) is 77.8 Å². The van der Waals surface area contributed by atoms with Gasteiger partial charge in [-0.3, -0.25) is 0 Å². The van der Waals surface area contributed by atoms with Crippen LogP contribution in [0.4, 0.5) is 11.4 Å². The average Bonchev–Trinajstić information content (AvgIpc) is 3.40. The van der Waals surface area contributed by atoms with E-state index < -0.39 is 5.97 Å². The first-order valence-electron chi connectivity index (χ1n) is 11.3. The Hall–Kier alpha value is -4.45. The SMILES string of the molecule is C=CC(=C)c1cc(OC)ccc1N(/C=C\OC)c1ccc(/C=C/c2ccc(S/C=C(\C#N)C(=O)O)s2)cc1. The third kappa shape index (κ3) is 7.29. The molecule has 192 valence electrons. The topological polar surface area (TPSA) is 82.8 Å². The lowest BCUT2D eigenvalue weighted by Gasteiger charge is -2.24.